The van der Waals surface area contributed by atoms with E-state index in [-0.39, 0.29) is 11.5 Å². The minimum absolute atomic E-state index is 0.0134. The highest BCUT2D eigenvalue weighted by Gasteiger charge is 2.37. The van der Waals surface area contributed by atoms with Gasteiger partial charge in [-0.2, -0.15) is 0 Å². The van der Waals surface area contributed by atoms with E-state index in [1.165, 1.54) is 11.1 Å². The average Bonchev–Trinajstić information content (AvgIpc) is 2.49. The van der Waals surface area contributed by atoms with Crippen LogP contribution in [-0.2, 0) is 16.6 Å². The summed E-state index contributed by atoms with van der Waals surface area (Å²) < 4.78 is 5.66. The Balaban J connectivity index is 2.40. The van der Waals surface area contributed by atoms with Crippen LogP contribution in [0.4, 0.5) is 0 Å². The van der Waals surface area contributed by atoms with Gasteiger partial charge in [-0.25, -0.2) is 0 Å². The molecule has 1 heteroatoms. The van der Waals surface area contributed by atoms with Crippen LogP contribution in [0.25, 0.3) is 0 Å². The highest BCUT2D eigenvalue weighted by Crippen LogP contribution is 2.37. The maximum Gasteiger partial charge on any atom is 0.0895 e. The van der Waals surface area contributed by atoms with Crippen LogP contribution in [0.5, 0.6) is 0 Å². The largest absolute Gasteiger partial charge is 0.376 e. The molecule has 2 unspecified atom stereocenters. The van der Waals surface area contributed by atoms with Gasteiger partial charge >= 0.3 is 0 Å². The molecule has 0 amide bonds. The van der Waals surface area contributed by atoms with E-state index < -0.39 is 0 Å². The van der Waals surface area contributed by atoms with Crippen LogP contribution in [0.15, 0.2) is 48.6 Å². The van der Waals surface area contributed by atoms with Crippen LogP contribution in [-0.4, -0.2) is 13.2 Å². The Bertz CT molecular complexity index is 530. The second-order valence-electron chi connectivity index (χ2n) is 5.27. The van der Waals surface area contributed by atoms with Gasteiger partial charge in [0, 0.05) is 13.5 Å². The normalized spacial score (nSPS) is 24.6. The second-order valence-corrected chi connectivity index (χ2v) is 5.27. The molecule has 2 rings (SSSR count). The fraction of sp³-hybridized carbons (Fsp3) is 0.368. The Morgan fingerprint density at radius 1 is 1.25 bits per heavy atom. The minimum atomic E-state index is -0.247. The molecule has 1 aromatic carbocycles. The van der Waals surface area contributed by atoms with Crippen LogP contribution in [0.2, 0.25) is 0 Å². The van der Waals surface area contributed by atoms with E-state index in [0.717, 1.165) is 12.8 Å². The highest BCUT2D eigenvalue weighted by molar-refractivity contribution is 5.41. The lowest BCUT2D eigenvalue weighted by Crippen LogP contribution is -2.39. The van der Waals surface area contributed by atoms with Crippen molar-refractivity contribution < 1.29 is 4.74 Å². The van der Waals surface area contributed by atoms with Gasteiger partial charge in [-0.05, 0) is 17.5 Å². The Hall–Kier alpha value is -1.78. The van der Waals surface area contributed by atoms with Gasteiger partial charge in [0.1, 0.15) is 0 Å². The van der Waals surface area contributed by atoms with Crippen molar-refractivity contribution in [3.63, 3.8) is 0 Å². The lowest BCUT2D eigenvalue weighted by atomic mass is 9.71. The number of ether oxygens (including phenoxy) is 1. The smallest absolute Gasteiger partial charge is 0.0895 e. The molecule has 0 N–H and O–H groups in total. The van der Waals surface area contributed by atoms with Gasteiger partial charge in [0.15, 0.2) is 0 Å². The topological polar surface area (TPSA) is 9.23 Å². The van der Waals surface area contributed by atoms with E-state index in [4.69, 9.17) is 11.2 Å². The quantitative estimate of drug-likeness (QED) is 0.731. The third-order valence-corrected chi connectivity index (χ3v) is 3.98. The predicted molar refractivity (Wildman–Crippen MR) is 84.6 cm³/mol. The summed E-state index contributed by atoms with van der Waals surface area (Å²) in [5, 5.41) is 0. The highest BCUT2D eigenvalue weighted by atomic mass is 16.5. The first kappa shape index (κ1) is 14.6. The van der Waals surface area contributed by atoms with Crippen molar-refractivity contribution in [1.82, 2.24) is 0 Å². The molecule has 0 saturated carbocycles. The van der Waals surface area contributed by atoms with Crippen LogP contribution in [0.3, 0.4) is 0 Å². The fourth-order valence-corrected chi connectivity index (χ4v) is 2.91. The summed E-state index contributed by atoms with van der Waals surface area (Å²) in [5.74, 6) is 2.82. The molecule has 1 aliphatic rings. The fourth-order valence-electron chi connectivity index (χ4n) is 2.91. The Labute approximate surface area is 122 Å². The molecule has 1 aromatic rings. The van der Waals surface area contributed by atoms with Gasteiger partial charge < -0.3 is 4.74 Å². The van der Waals surface area contributed by atoms with Crippen LogP contribution < -0.4 is 0 Å². The average molecular weight is 266 g/mol. The molecule has 104 valence electrons. The molecular formula is C19H22O. The molecule has 20 heavy (non-hydrogen) atoms. The monoisotopic (exact) mass is 266 g/mol. The molecule has 0 bridgehead atoms. The number of methoxy groups -OCH3 is 1. The predicted octanol–water partition coefficient (Wildman–Crippen LogP) is 4.04. The molecule has 0 heterocycles. The SMILES string of the molecule is C#CCC1(c2ccc(CCC)cc2)C=CC=CC1OC. The molecule has 1 aliphatic carbocycles. The van der Waals surface area contributed by atoms with Crippen LogP contribution >= 0.6 is 0 Å². The van der Waals surface area contributed by atoms with Crippen molar-refractivity contribution in [1.29, 1.82) is 0 Å². The van der Waals surface area contributed by atoms with E-state index in [1.54, 1.807) is 7.11 Å². The standard InChI is InChI=1S/C19H22O/c1-4-8-16-10-12-17(13-11-16)19(14-5-2)15-7-6-9-18(19)20-3/h2,6-7,9-13,15,18H,4,8,14H2,1,3H3. The summed E-state index contributed by atoms with van der Waals surface area (Å²) in [6.07, 6.45) is 16.9. The Morgan fingerprint density at radius 3 is 2.60 bits per heavy atom. The van der Waals surface area contributed by atoms with Crippen LogP contribution in [0, 0.1) is 12.3 Å². The maximum atomic E-state index is 5.66. The summed E-state index contributed by atoms with van der Waals surface area (Å²) in [6.45, 7) is 2.20. The molecule has 0 fully saturated rings. The van der Waals surface area contributed by atoms with Crippen molar-refractivity contribution in [2.75, 3.05) is 7.11 Å². The van der Waals surface area contributed by atoms with Crippen molar-refractivity contribution in [2.45, 2.75) is 37.7 Å². The molecule has 0 radical (unpaired) electrons. The van der Waals surface area contributed by atoms with Gasteiger partial charge in [-0.1, -0.05) is 61.9 Å². The third kappa shape index (κ3) is 2.71. The van der Waals surface area contributed by atoms with E-state index in [0.29, 0.717) is 6.42 Å². The van der Waals surface area contributed by atoms with Crippen LogP contribution in [0.1, 0.15) is 30.9 Å². The summed E-state index contributed by atoms with van der Waals surface area (Å²) in [5.41, 5.74) is 2.35. The van der Waals surface area contributed by atoms with Gasteiger partial charge in [0.25, 0.3) is 0 Å². The maximum absolute atomic E-state index is 5.66. The van der Waals surface area contributed by atoms with Gasteiger partial charge in [-0.3, -0.25) is 0 Å². The van der Waals surface area contributed by atoms with Crippen molar-refractivity contribution in [3.8, 4) is 12.3 Å². The lowest BCUT2D eigenvalue weighted by molar-refractivity contribution is 0.0883. The molecule has 0 aromatic heterocycles. The molecule has 0 spiro atoms. The number of rotatable bonds is 5. The summed E-state index contributed by atoms with van der Waals surface area (Å²) >= 11 is 0. The third-order valence-electron chi connectivity index (χ3n) is 3.98. The number of terminal acetylenes is 1. The first-order chi connectivity index (χ1) is 9.76. The number of aryl methyl sites for hydroxylation is 1. The first-order valence-corrected chi connectivity index (χ1v) is 7.18. The lowest BCUT2D eigenvalue weighted by Gasteiger charge is -2.37. The molecule has 2 atom stereocenters. The molecule has 1 nitrogen and oxygen atoms in total. The molecule has 0 saturated heterocycles. The second kappa shape index (κ2) is 6.59. The van der Waals surface area contributed by atoms with E-state index in [2.05, 4.69) is 55.3 Å². The van der Waals surface area contributed by atoms with Crippen molar-refractivity contribution in [3.05, 3.63) is 59.7 Å². The number of hydrogen-bond acceptors (Lipinski definition) is 1. The van der Waals surface area contributed by atoms with Crippen molar-refractivity contribution in [2.24, 2.45) is 0 Å². The Morgan fingerprint density at radius 2 is 2.00 bits per heavy atom. The first-order valence-electron chi connectivity index (χ1n) is 7.18. The Kier molecular flexibility index (Phi) is 4.82. The number of hydrogen-bond donors (Lipinski definition) is 0. The molecule has 0 aliphatic heterocycles. The zero-order valence-corrected chi connectivity index (χ0v) is 12.3. The van der Waals surface area contributed by atoms with Crippen molar-refractivity contribution >= 4 is 0 Å². The number of allylic oxidation sites excluding steroid dienone is 2. The number of benzene rings is 1. The summed E-state index contributed by atoms with van der Waals surface area (Å²) in [4.78, 5) is 0. The van der Waals surface area contributed by atoms with Gasteiger partial charge in [0.05, 0.1) is 11.5 Å². The summed E-state index contributed by atoms with van der Waals surface area (Å²) in [7, 11) is 1.74. The van der Waals surface area contributed by atoms with E-state index in [1.807, 2.05) is 6.08 Å². The van der Waals surface area contributed by atoms with Gasteiger partial charge in [0.2, 0.25) is 0 Å². The zero-order valence-electron chi connectivity index (χ0n) is 12.3. The van der Waals surface area contributed by atoms with Gasteiger partial charge in [-0.15, -0.1) is 12.3 Å². The zero-order chi connectivity index (χ0) is 14.4. The minimum Gasteiger partial charge on any atom is -0.376 e. The van der Waals surface area contributed by atoms with E-state index >= 15 is 0 Å². The summed E-state index contributed by atoms with van der Waals surface area (Å²) in [6, 6.07) is 8.79. The molecular weight excluding hydrogens is 244 g/mol. The van der Waals surface area contributed by atoms with E-state index in [9.17, 15) is 0 Å².